The van der Waals surface area contributed by atoms with E-state index in [1.54, 1.807) is 0 Å². The molecule has 4 rings (SSSR count). The van der Waals surface area contributed by atoms with Crippen LogP contribution in [0.15, 0.2) is 29.4 Å². The van der Waals surface area contributed by atoms with Crippen molar-refractivity contribution in [3.63, 3.8) is 0 Å². The normalized spacial score (nSPS) is 23.5. The molecule has 0 saturated carbocycles. The number of benzene rings is 1. The molecule has 1 aromatic carbocycles. The van der Waals surface area contributed by atoms with E-state index in [1.807, 2.05) is 0 Å². The van der Waals surface area contributed by atoms with Gasteiger partial charge in [0.15, 0.2) is 5.96 Å². The molecule has 152 valence electrons. The molecule has 2 atom stereocenters. The second kappa shape index (κ2) is 8.97. The monoisotopic (exact) mass is 384 g/mol. The third-order valence-electron chi connectivity index (χ3n) is 5.75. The molecule has 0 radical (unpaired) electrons. The number of ether oxygens (including phenoxy) is 2. The summed E-state index contributed by atoms with van der Waals surface area (Å²) >= 11 is 0. The highest BCUT2D eigenvalue weighted by molar-refractivity contribution is 5.86. The molecule has 28 heavy (non-hydrogen) atoms. The van der Waals surface area contributed by atoms with Gasteiger partial charge in [-0.25, -0.2) is 0 Å². The molecule has 1 aromatic heterocycles. The Labute approximate surface area is 167 Å². The van der Waals surface area contributed by atoms with Crippen LogP contribution in [0.5, 0.6) is 0 Å². The maximum atomic E-state index is 5.99. The fraction of sp³-hybridized carbons (Fsp3) is 0.591. The number of fused-ring (bicyclic) bond motifs is 1. The van der Waals surface area contributed by atoms with Gasteiger partial charge in [-0.2, -0.15) is 0 Å². The Morgan fingerprint density at radius 3 is 3.00 bits per heavy atom. The maximum absolute atomic E-state index is 5.99. The number of nitrogens with one attached hydrogen (secondary N) is 2. The lowest BCUT2D eigenvalue weighted by Gasteiger charge is -2.37. The largest absolute Gasteiger partial charge is 0.375 e. The summed E-state index contributed by atoms with van der Waals surface area (Å²) in [5.74, 6) is 0.991. The zero-order valence-corrected chi connectivity index (χ0v) is 17.0. The number of hydrogen-bond donors (Lipinski definition) is 2. The van der Waals surface area contributed by atoms with Crippen LogP contribution in [-0.2, 0) is 15.9 Å². The van der Waals surface area contributed by atoms with Crippen LogP contribution in [0.4, 0.5) is 0 Å². The van der Waals surface area contributed by atoms with E-state index < -0.39 is 0 Å². The van der Waals surface area contributed by atoms with Gasteiger partial charge in [0.25, 0.3) is 0 Å². The van der Waals surface area contributed by atoms with E-state index in [9.17, 15) is 0 Å². The molecule has 6 heteroatoms. The molecule has 0 spiro atoms. The lowest BCUT2D eigenvalue weighted by Crippen LogP contribution is -2.53. The molecule has 2 fully saturated rings. The molecule has 0 amide bonds. The van der Waals surface area contributed by atoms with Crippen LogP contribution in [0.2, 0.25) is 0 Å². The Bertz CT molecular complexity index is 810. The number of nitrogens with zero attached hydrogens (tertiary/aromatic N) is 2. The maximum Gasteiger partial charge on any atom is 0.194 e. The first kappa shape index (κ1) is 19.3. The molecular formula is C22H32N4O2. The second-order valence-corrected chi connectivity index (χ2v) is 7.70. The number of aromatic nitrogens is 1. The number of H-pyrrole nitrogens is 1. The molecule has 0 bridgehead atoms. The number of guanidine groups is 1. The Hall–Kier alpha value is -2.05. The minimum atomic E-state index is 0.149. The molecule has 2 aliphatic heterocycles. The summed E-state index contributed by atoms with van der Waals surface area (Å²) < 4.78 is 11.8. The molecule has 2 aromatic rings. The standard InChI is InChI=1S/C22H32N4O2/c1-3-23-22(26-11-13-28-20(15-26)19-8-5-12-27-19)24-10-9-17-14-25-18-7-4-6-16(2)21(17)18/h4,6-7,14,19-20,25H,3,5,8-13,15H2,1-2H3,(H,23,24). The van der Waals surface area contributed by atoms with E-state index in [1.165, 1.54) is 22.0 Å². The zero-order chi connectivity index (χ0) is 19.3. The lowest BCUT2D eigenvalue weighted by atomic mass is 10.1. The molecule has 2 unspecified atom stereocenters. The SMILES string of the molecule is CCNC(=NCCc1c[nH]c2cccc(C)c12)N1CCOC(C2CCCO2)C1. The number of aromatic amines is 1. The van der Waals surface area contributed by atoms with E-state index in [2.05, 4.69) is 53.4 Å². The third kappa shape index (κ3) is 4.18. The summed E-state index contributed by atoms with van der Waals surface area (Å²) in [7, 11) is 0. The number of aryl methyl sites for hydroxylation is 1. The van der Waals surface area contributed by atoms with Gasteiger partial charge in [0.05, 0.1) is 12.7 Å². The van der Waals surface area contributed by atoms with Gasteiger partial charge in [-0.15, -0.1) is 0 Å². The molecule has 2 N–H and O–H groups in total. The number of rotatable bonds is 5. The van der Waals surface area contributed by atoms with E-state index in [0.29, 0.717) is 0 Å². The van der Waals surface area contributed by atoms with Crippen molar-refractivity contribution in [3.05, 3.63) is 35.5 Å². The molecule has 3 heterocycles. The topological polar surface area (TPSA) is 61.9 Å². The van der Waals surface area contributed by atoms with E-state index in [0.717, 1.165) is 64.6 Å². The fourth-order valence-electron chi connectivity index (χ4n) is 4.35. The Balaban J connectivity index is 1.42. The van der Waals surface area contributed by atoms with Crippen LogP contribution >= 0.6 is 0 Å². The van der Waals surface area contributed by atoms with E-state index >= 15 is 0 Å². The van der Waals surface area contributed by atoms with Crippen molar-refractivity contribution in [2.75, 3.05) is 39.4 Å². The van der Waals surface area contributed by atoms with E-state index in [-0.39, 0.29) is 12.2 Å². The number of morpholine rings is 1. The lowest BCUT2D eigenvalue weighted by molar-refractivity contribution is -0.0817. The van der Waals surface area contributed by atoms with Gasteiger partial charge in [-0.1, -0.05) is 12.1 Å². The van der Waals surface area contributed by atoms with Crippen molar-refractivity contribution >= 4 is 16.9 Å². The van der Waals surface area contributed by atoms with Crippen molar-refractivity contribution in [1.82, 2.24) is 15.2 Å². The van der Waals surface area contributed by atoms with Crippen LogP contribution in [0.25, 0.3) is 10.9 Å². The number of aliphatic imine (C=N–C) groups is 1. The molecular weight excluding hydrogens is 352 g/mol. The number of hydrogen-bond acceptors (Lipinski definition) is 3. The molecule has 2 aliphatic rings. The van der Waals surface area contributed by atoms with Crippen molar-refractivity contribution in [2.24, 2.45) is 4.99 Å². The van der Waals surface area contributed by atoms with Gasteiger partial charge < -0.3 is 24.7 Å². The fourth-order valence-corrected chi connectivity index (χ4v) is 4.35. The third-order valence-corrected chi connectivity index (χ3v) is 5.75. The summed E-state index contributed by atoms with van der Waals surface area (Å²) in [6, 6.07) is 6.41. The highest BCUT2D eigenvalue weighted by Gasteiger charge is 2.32. The van der Waals surface area contributed by atoms with E-state index in [4.69, 9.17) is 14.5 Å². The van der Waals surface area contributed by atoms with Crippen LogP contribution < -0.4 is 5.32 Å². The molecule has 6 nitrogen and oxygen atoms in total. The summed E-state index contributed by atoms with van der Waals surface area (Å²) in [6.07, 6.45) is 5.69. The van der Waals surface area contributed by atoms with Crippen LogP contribution in [-0.4, -0.2) is 67.4 Å². The molecule has 0 aliphatic carbocycles. The molecule has 2 saturated heterocycles. The average molecular weight is 385 g/mol. The minimum Gasteiger partial charge on any atom is -0.375 e. The van der Waals surface area contributed by atoms with Gasteiger partial charge in [-0.05, 0) is 50.3 Å². The van der Waals surface area contributed by atoms with Gasteiger partial charge in [0.1, 0.15) is 6.10 Å². The van der Waals surface area contributed by atoms with Crippen molar-refractivity contribution in [1.29, 1.82) is 0 Å². The zero-order valence-electron chi connectivity index (χ0n) is 17.0. The van der Waals surface area contributed by atoms with Gasteiger partial charge in [0.2, 0.25) is 0 Å². The quantitative estimate of drug-likeness (QED) is 0.615. The van der Waals surface area contributed by atoms with Crippen LogP contribution in [0.1, 0.15) is 30.9 Å². The summed E-state index contributed by atoms with van der Waals surface area (Å²) in [5, 5.41) is 4.80. The first-order chi connectivity index (χ1) is 13.8. The van der Waals surface area contributed by atoms with Crippen LogP contribution in [0, 0.1) is 6.92 Å². The van der Waals surface area contributed by atoms with Crippen molar-refractivity contribution < 1.29 is 9.47 Å². The summed E-state index contributed by atoms with van der Waals surface area (Å²) in [5.41, 5.74) is 3.86. The van der Waals surface area contributed by atoms with Gasteiger partial charge in [0, 0.05) is 49.9 Å². The predicted octanol–water partition coefficient (Wildman–Crippen LogP) is 2.86. The minimum absolute atomic E-state index is 0.149. The summed E-state index contributed by atoms with van der Waals surface area (Å²) in [4.78, 5) is 10.7. The first-order valence-electron chi connectivity index (χ1n) is 10.6. The highest BCUT2D eigenvalue weighted by Crippen LogP contribution is 2.23. The van der Waals surface area contributed by atoms with Crippen molar-refractivity contribution in [3.8, 4) is 0 Å². The van der Waals surface area contributed by atoms with Crippen molar-refractivity contribution in [2.45, 2.75) is 45.3 Å². The Kier molecular flexibility index (Phi) is 6.17. The smallest absolute Gasteiger partial charge is 0.194 e. The Morgan fingerprint density at radius 2 is 2.18 bits per heavy atom. The summed E-state index contributed by atoms with van der Waals surface area (Å²) in [6.45, 7) is 9.25. The Morgan fingerprint density at radius 1 is 1.29 bits per heavy atom. The average Bonchev–Trinajstić information content (AvgIpc) is 3.38. The predicted molar refractivity (Wildman–Crippen MR) is 113 cm³/mol. The second-order valence-electron chi connectivity index (χ2n) is 7.70. The first-order valence-corrected chi connectivity index (χ1v) is 10.6. The van der Waals surface area contributed by atoms with Gasteiger partial charge in [-0.3, -0.25) is 4.99 Å². The van der Waals surface area contributed by atoms with Gasteiger partial charge >= 0.3 is 0 Å². The van der Waals surface area contributed by atoms with Crippen LogP contribution in [0.3, 0.4) is 0 Å². The highest BCUT2D eigenvalue weighted by atomic mass is 16.5.